The lowest BCUT2D eigenvalue weighted by molar-refractivity contribution is 0.0724. The van der Waals surface area contributed by atoms with Gasteiger partial charge in [0.05, 0.1) is 6.54 Å². The van der Waals surface area contributed by atoms with E-state index < -0.39 is 0 Å². The van der Waals surface area contributed by atoms with Crippen LogP contribution in [0.5, 0.6) is 0 Å². The maximum Gasteiger partial charge on any atom is 0.253 e. The highest BCUT2D eigenvalue weighted by molar-refractivity contribution is 14.0. The molecule has 0 saturated carbocycles. The summed E-state index contributed by atoms with van der Waals surface area (Å²) in [5.41, 5.74) is 1.87. The molecule has 0 aromatic heterocycles. The van der Waals surface area contributed by atoms with Crippen LogP contribution in [0.4, 0.5) is 0 Å². The number of carbonyl (C=O) groups is 1. The lowest BCUT2D eigenvalue weighted by Gasteiger charge is -2.26. The fraction of sp³-hybridized carbons (Fsp3) is 0.652. The van der Waals surface area contributed by atoms with Crippen molar-refractivity contribution in [2.75, 3.05) is 39.4 Å². The maximum atomic E-state index is 12.6. The summed E-state index contributed by atoms with van der Waals surface area (Å²) in [4.78, 5) is 19.2. The lowest BCUT2D eigenvalue weighted by Crippen LogP contribution is -2.38. The van der Waals surface area contributed by atoms with Gasteiger partial charge < -0.3 is 20.3 Å². The minimum absolute atomic E-state index is 0. The monoisotopic (exact) mass is 530 g/mol. The minimum atomic E-state index is 0. The molecule has 1 fully saturated rings. The zero-order chi connectivity index (χ0) is 20.7. The van der Waals surface area contributed by atoms with Gasteiger partial charge >= 0.3 is 0 Å². The first-order chi connectivity index (χ1) is 14.2. The molecule has 1 aromatic rings. The fourth-order valence-corrected chi connectivity index (χ4v) is 3.27. The number of likely N-dealkylation sites (tertiary alicyclic amines) is 1. The van der Waals surface area contributed by atoms with Gasteiger partial charge in [-0.05, 0) is 56.7 Å². The standard InChI is InChI=1S/C23H38N4O2.HI/c1-3-5-17-29-18-9-14-25-23(24-4-2)26-19-20-10-12-21(13-11-20)22(28)27-15-7-6-8-16-27;/h10-13H,3-9,14-19H2,1-2H3,(H2,24,25,26);1H. The number of benzene rings is 1. The van der Waals surface area contributed by atoms with Gasteiger partial charge in [-0.1, -0.05) is 25.5 Å². The molecule has 1 heterocycles. The highest BCUT2D eigenvalue weighted by Gasteiger charge is 2.17. The Hall–Kier alpha value is -1.35. The summed E-state index contributed by atoms with van der Waals surface area (Å²) in [5.74, 6) is 0.963. The zero-order valence-electron chi connectivity index (χ0n) is 18.6. The molecule has 0 unspecified atom stereocenters. The third-order valence-electron chi connectivity index (χ3n) is 5.01. The minimum Gasteiger partial charge on any atom is -0.381 e. The van der Waals surface area contributed by atoms with Crippen molar-refractivity contribution < 1.29 is 9.53 Å². The van der Waals surface area contributed by atoms with Crippen molar-refractivity contribution in [3.63, 3.8) is 0 Å². The van der Waals surface area contributed by atoms with E-state index in [1.165, 1.54) is 12.8 Å². The van der Waals surface area contributed by atoms with Crippen LogP contribution in [0.1, 0.15) is 68.3 Å². The van der Waals surface area contributed by atoms with Crippen molar-refractivity contribution in [3.05, 3.63) is 35.4 Å². The van der Waals surface area contributed by atoms with Crippen LogP contribution < -0.4 is 10.6 Å². The Morgan fingerprint density at radius 2 is 1.73 bits per heavy atom. The molecule has 0 aliphatic carbocycles. The van der Waals surface area contributed by atoms with Gasteiger partial charge in [0.15, 0.2) is 5.96 Å². The first-order valence-corrected chi connectivity index (χ1v) is 11.2. The summed E-state index contributed by atoms with van der Waals surface area (Å²) in [6.07, 6.45) is 6.71. The molecule has 0 bridgehead atoms. The third kappa shape index (κ3) is 10.1. The number of ether oxygens (including phenoxy) is 1. The molecule has 1 aliphatic rings. The highest BCUT2D eigenvalue weighted by Crippen LogP contribution is 2.14. The van der Waals surface area contributed by atoms with E-state index in [-0.39, 0.29) is 29.9 Å². The molecule has 1 aliphatic heterocycles. The molecule has 2 N–H and O–H groups in total. The number of piperidine rings is 1. The molecule has 30 heavy (non-hydrogen) atoms. The smallest absolute Gasteiger partial charge is 0.253 e. The van der Waals surface area contributed by atoms with Crippen LogP contribution in [0.2, 0.25) is 0 Å². The maximum absolute atomic E-state index is 12.6. The van der Waals surface area contributed by atoms with E-state index >= 15 is 0 Å². The highest BCUT2D eigenvalue weighted by atomic mass is 127. The Morgan fingerprint density at radius 3 is 2.40 bits per heavy atom. The number of halogens is 1. The van der Waals surface area contributed by atoms with Crippen molar-refractivity contribution in [1.82, 2.24) is 15.5 Å². The van der Waals surface area contributed by atoms with Gasteiger partial charge in [0.25, 0.3) is 5.91 Å². The molecule has 1 saturated heterocycles. The molecular weight excluding hydrogens is 491 g/mol. The van der Waals surface area contributed by atoms with E-state index in [4.69, 9.17) is 4.74 Å². The van der Waals surface area contributed by atoms with Crippen LogP contribution in [0.15, 0.2) is 29.3 Å². The van der Waals surface area contributed by atoms with Crippen LogP contribution in [0, 0.1) is 0 Å². The van der Waals surface area contributed by atoms with Gasteiger partial charge in [0, 0.05) is 45.0 Å². The Morgan fingerprint density at radius 1 is 1.03 bits per heavy atom. The lowest BCUT2D eigenvalue weighted by atomic mass is 10.1. The van der Waals surface area contributed by atoms with Crippen LogP contribution in [0.3, 0.4) is 0 Å². The number of amides is 1. The molecule has 7 heteroatoms. The first-order valence-electron chi connectivity index (χ1n) is 11.2. The molecule has 0 atom stereocenters. The largest absolute Gasteiger partial charge is 0.381 e. The number of nitrogens with one attached hydrogen (secondary N) is 2. The molecule has 0 radical (unpaired) electrons. The Labute approximate surface area is 199 Å². The zero-order valence-corrected chi connectivity index (χ0v) is 21.0. The summed E-state index contributed by atoms with van der Waals surface area (Å²) in [6, 6.07) is 7.86. The van der Waals surface area contributed by atoms with Gasteiger partial charge in [-0.25, -0.2) is 4.99 Å². The quantitative estimate of drug-likeness (QED) is 0.195. The van der Waals surface area contributed by atoms with E-state index in [1.807, 2.05) is 29.2 Å². The number of hydrogen-bond acceptors (Lipinski definition) is 3. The molecular formula is C23H39IN4O2. The van der Waals surface area contributed by atoms with E-state index in [0.29, 0.717) is 6.54 Å². The predicted octanol–water partition coefficient (Wildman–Crippen LogP) is 4.19. The van der Waals surface area contributed by atoms with E-state index in [2.05, 4.69) is 29.5 Å². The van der Waals surface area contributed by atoms with E-state index in [9.17, 15) is 4.79 Å². The average Bonchev–Trinajstić information content (AvgIpc) is 2.77. The molecule has 2 rings (SSSR count). The fourth-order valence-electron chi connectivity index (χ4n) is 3.27. The second-order valence-corrected chi connectivity index (χ2v) is 7.49. The molecule has 170 valence electrons. The number of guanidine groups is 1. The van der Waals surface area contributed by atoms with Gasteiger partial charge in [-0.15, -0.1) is 24.0 Å². The number of carbonyl (C=O) groups excluding carboxylic acids is 1. The third-order valence-corrected chi connectivity index (χ3v) is 5.01. The Balaban J connectivity index is 0.00000450. The van der Waals surface area contributed by atoms with Gasteiger partial charge in [-0.2, -0.15) is 0 Å². The van der Waals surface area contributed by atoms with Crippen LogP contribution in [-0.2, 0) is 11.3 Å². The molecule has 1 amide bonds. The van der Waals surface area contributed by atoms with Gasteiger partial charge in [0.2, 0.25) is 0 Å². The van der Waals surface area contributed by atoms with Crippen LogP contribution in [-0.4, -0.2) is 56.2 Å². The Kier molecular flexibility index (Phi) is 14.5. The van der Waals surface area contributed by atoms with E-state index in [0.717, 1.165) is 82.2 Å². The van der Waals surface area contributed by atoms with E-state index in [1.54, 1.807) is 0 Å². The second kappa shape index (κ2) is 16.4. The SMILES string of the molecule is CCCCOCCCNC(=NCc1ccc(C(=O)N2CCCCC2)cc1)NCC.I. The number of hydrogen-bond donors (Lipinski definition) is 2. The topological polar surface area (TPSA) is 66.0 Å². The van der Waals surface area contributed by atoms with Crippen molar-refractivity contribution in [2.24, 2.45) is 4.99 Å². The number of nitrogens with zero attached hydrogens (tertiary/aromatic N) is 2. The van der Waals surface area contributed by atoms with Crippen LogP contribution >= 0.6 is 24.0 Å². The summed E-state index contributed by atoms with van der Waals surface area (Å²) in [6.45, 7) is 9.86. The van der Waals surface area contributed by atoms with Crippen LogP contribution in [0.25, 0.3) is 0 Å². The summed E-state index contributed by atoms with van der Waals surface area (Å²) in [7, 11) is 0. The number of rotatable bonds is 11. The Bertz CT molecular complexity index is 616. The van der Waals surface area contributed by atoms with Crippen molar-refractivity contribution >= 4 is 35.8 Å². The normalized spacial score (nSPS) is 14.2. The first kappa shape index (κ1) is 26.7. The number of aliphatic imine (C=N–C) groups is 1. The molecule has 1 aromatic carbocycles. The number of unbranched alkanes of at least 4 members (excludes halogenated alkanes) is 1. The molecule has 6 nitrogen and oxygen atoms in total. The average molecular weight is 530 g/mol. The van der Waals surface area contributed by atoms with Crippen molar-refractivity contribution in [3.8, 4) is 0 Å². The van der Waals surface area contributed by atoms with Crippen molar-refractivity contribution in [2.45, 2.75) is 58.9 Å². The summed E-state index contributed by atoms with van der Waals surface area (Å²) in [5, 5.41) is 6.63. The summed E-state index contributed by atoms with van der Waals surface area (Å²) >= 11 is 0. The predicted molar refractivity (Wildman–Crippen MR) is 135 cm³/mol. The summed E-state index contributed by atoms with van der Waals surface area (Å²) < 4.78 is 5.59. The van der Waals surface area contributed by atoms with Gasteiger partial charge in [0.1, 0.15) is 0 Å². The van der Waals surface area contributed by atoms with Crippen molar-refractivity contribution in [1.29, 1.82) is 0 Å². The molecule has 0 spiro atoms. The second-order valence-electron chi connectivity index (χ2n) is 7.49. The van der Waals surface area contributed by atoms with Gasteiger partial charge in [-0.3, -0.25) is 4.79 Å².